The lowest BCUT2D eigenvalue weighted by Gasteiger charge is -2.19. The van der Waals surface area contributed by atoms with Crippen molar-refractivity contribution in [2.45, 2.75) is 44.4 Å². The number of ether oxygens (including phenoxy) is 1. The predicted molar refractivity (Wildman–Crippen MR) is 97.1 cm³/mol. The van der Waals surface area contributed by atoms with E-state index in [0.29, 0.717) is 6.42 Å². The molecular formula is C11H26BO13P3. The van der Waals surface area contributed by atoms with Crippen LogP contribution in [0.2, 0.25) is 0 Å². The first-order valence-electron chi connectivity index (χ1n) is 8.43. The summed E-state index contributed by atoms with van der Waals surface area (Å²) in [6.45, 7) is 0.463. The highest BCUT2D eigenvalue weighted by molar-refractivity contribution is 7.47. The van der Waals surface area contributed by atoms with Gasteiger partial charge in [-0.05, 0) is 26.2 Å². The summed E-state index contributed by atoms with van der Waals surface area (Å²) in [6, 6.07) is -0.0875. The van der Waals surface area contributed by atoms with Crippen molar-refractivity contribution < 1.29 is 60.6 Å². The van der Waals surface area contributed by atoms with E-state index in [1.165, 1.54) is 0 Å². The van der Waals surface area contributed by atoms with Crippen LogP contribution in [0.1, 0.15) is 26.2 Å². The van der Waals surface area contributed by atoms with Crippen LogP contribution in [-0.4, -0.2) is 72.1 Å². The summed E-state index contributed by atoms with van der Waals surface area (Å²) in [7, 11) is -11.5. The number of rotatable bonds is 14. The van der Waals surface area contributed by atoms with Crippen molar-refractivity contribution in [2.24, 2.45) is 0 Å². The molecule has 0 aromatic heterocycles. The van der Waals surface area contributed by atoms with Gasteiger partial charge in [0.1, 0.15) is 7.85 Å². The molecule has 17 heteroatoms. The van der Waals surface area contributed by atoms with Gasteiger partial charge in [-0.15, -0.1) is 0 Å². The Balaban J connectivity index is 2.15. The van der Waals surface area contributed by atoms with E-state index in [4.69, 9.17) is 23.6 Å². The van der Waals surface area contributed by atoms with Gasteiger partial charge in [-0.25, -0.2) is 13.7 Å². The molecule has 0 amide bonds. The maximum absolute atomic E-state index is 11.9. The summed E-state index contributed by atoms with van der Waals surface area (Å²) in [6.07, 6.45) is -0.483. The first-order valence-corrected chi connectivity index (χ1v) is 12.9. The van der Waals surface area contributed by atoms with E-state index < -0.39 is 29.6 Å². The van der Waals surface area contributed by atoms with Gasteiger partial charge >= 0.3 is 23.5 Å². The molecular weight excluding hydrogens is 444 g/mol. The van der Waals surface area contributed by atoms with E-state index in [1.807, 2.05) is 7.85 Å². The molecule has 166 valence electrons. The Kier molecular flexibility index (Phi) is 11.0. The third kappa shape index (κ3) is 12.1. The topological polar surface area (TPSA) is 188 Å². The van der Waals surface area contributed by atoms with Gasteiger partial charge in [0, 0.05) is 6.00 Å². The third-order valence-corrected chi connectivity index (χ3v) is 5.99. The van der Waals surface area contributed by atoms with Crippen molar-refractivity contribution >= 4 is 31.3 Å². The van der Waals surface area contributed by atoms with Crippen molar-refractivity contribution in [1.29, 1.82) is 0 Å². The highest BCUT2D eigenvalue weighted by atomic mass is 31.2. The van der Waals surface area contributed by atoms with Crippen molar-refractivity contribution in [3.63, 3.8) is 0 Å². The van der Waals surface area contributed by atoms with Crippen molar-refractivity contribution in [2.75, 3.05) is 26.4 Å². The van der Waals surface area contributed by atoms with Crippen LogP contribution >= 0.6 is 23.5 Å². The normalized spacial score (nSPS) is 27.4. The Morgan fingerprint density at radius 1 is 0.893 bits per heavy atom. The van der Waals surface area contributed by atoms with E-state index in [-0.39, 0.29) is 51.4 Å². The van der Waals surface area contributed by atoms with E-state index >= 15 is 0 Å². The minimum atomic E-state index is -4.60. The zero-order chi connectivity index (χ0) is 21.4. The highest BCUT2D eigenvalue weighted by Gasteiger charge is 2.36. The molecule has 0 aromatic carbocycles. The predicted octanol–water partition coefficient (Wildman–Crippen LogP) is 0.280. The first-order chi connectivity index (χ1) is 12.8. The smallest absolute Gasteiger partial charge is 0.381 e. The average Bonchev–Trinajstić information content (AvgIpc) is 2.82. The van der Waals surface area contributed by atoms with Crippen molar-refractivity contribution in [3.05, 3.63) is 0 Å². The summed E-state index contributed by atoms with van der Waals surface area (Å²) in [4.78, 5) is 36.0. The van der Waals surface area contributed by atoms with E-state index in [2.05, 4.69) is 13.6 Å². The standard InChI is InChI=1S/C11H26BO13P3/c1-9-10(8-11(12)24-9)25-28(18,19)23-7-3-6-22-27(16,17)21-5-2-4-20-26(13,14)15/h9-11H,2-8,12H2,1H3,(H,16,17)(H,18,19)(H2,13,14,15). The third-order valence-electron chi connectivity index (χ3n) is 3.40. The fraction of sp³-hybridized carbons (Fsp3) is 1.00. The minimum Gasteiger partial charge on any atom is -0.381 e. The van der Waals surface area contributed by atoms with Crippen LogP contribution in [0.25, 0.3) is 0 Å². The SMILES string of the molecule is BC1CC(OP(=O)(O)OCCCOP(=O)(O)OCCCOP(=O)(O)O)C(C)O1. The lowest BCUT2D eigenvalue weighted by Crippen LogP contribution is -2.20. The van der Waals surface area contributed by atoms with Crippen molar-refractivity contribution in [1.82, 2.24) is 0 Å². The lowest BCUT2D eigenvalue weighted by atomic mass is 9.96. The molecule has 1 aliphatic rings. The van der Waals surface area contributed by atoms with Gasteiger partial charge in [-0.1, -0.05) is 0 Å². The maximum atomic E-state index is 11.9. The Hall–Kier alpha value is 0.355. The number of phosphoric acid groups is 3. The largest absolute Gasteiger partial charge is 0.472 e. The van der Waals surface area contributed by atoms with E-state index in [0.717, 1.165) is 0 Å². The molecule has 1 rings (SSSR count). The molecule has 1 heterocycles. The van der Waals surface area contributed by atoms with Crippen LogP contribution in [0.3, 0.4) is 0 Å². The Morgan fingerprint density at radius 2 is 1.36 bits per heavy atom. The van der Waals surface area contributed by atoms with Crippen molar-refractivity contribution in [3.8, 4) is 0 Å². The zero-order valence-electron chi connectivity index (χ0n) is 15.5. The summed E-state index contributed by atoms with van der Waals surface area (Å²) >= 11 is 0. The molecule has 4 N–H and O–H groups in total. The fourth-order valence-electron chi connectivity index (χ4n) is 2.24. The van der Waals surface area contributed by atoms with Gasteiger partial charge in [0.2, 0.25) is 0 Å². The van der Waals surface area contributed by atoms with Gasteiger partial charge in [0.25, 0.3) is 0 Å². The second-order valence-electron chi connectivity index (χ2n) is 6.00. The molecule has 0 aromatic rings. The summed E-state index contributed by atoms with van der Waals surface area (Å²) in [5.41, 5.74) is 0. The van der Waals surface area contributed by atoms with Gasteiger partial charge in [0.05, 0.1) is 38.6 Å². The Bertz CT molecular complexity index is 613. The molecule has 13 nitrogen and oxygen atoms in total. The summed E-state index contributed by atoms with van der Waals surface area (Å²) in [5, 5.41) is 0. The quantitative estimate of drug-likeness (QED) is 0.154. The molecule has 0 spiro atoms. The Morgan fingerprint density at radius 3 is 1.79 bits per heavy atom. The van der Waals surface area contributed by atoms with Crippen LogP contribution in [-0.2, 0) is 41.1 Å². The van der Waals surface area contributed by atoms with Gasteiger partial charge in [0.15, 0.2) is 0 Å². The average molecular weight is 470 g/mol. The van der Waals surface area contributed by atoms with E-state index in [9.17, 15) is 23.5 Å². The zero-order valence-corrected chi connectivity index (χ0v) is 18.2. The molecule has 0 aliphatic carbocycles. The number of hydrogen-bond acceptors (Lipinski definition) is 9. The highest BCUT2D eigenvalue weighted by Crippen LogP contribution is 2.47. The molecule has 0 saturated carbocycles. The van der Waals surface area contributed by atoms with Gasteiger partial charge in [-0.3, -0.25) is 22.6 Å². The van der Waals surface area contributed by atoms with Crippen LogP contribution < -0.4 is 0 Å². The molecule has 0 bridgehead atoms. The van der Waals surface area contributed by atoms with Gasteiger partial charge < -0.3 is 24.3 Å². The lowest BCUT2D eigenvalue weighted by molar-refractivity contribution is 0.0341. The molecule has 5 unspecified atom stereocenters. The Labute approximate surface area is 163 Å². The maximum Gasteiger partial charge on any atom is 0.472 e. The van der Waals surface area contributed by atoms with Crippen LogP contribution in [0.5, 0.6) is 0 Å². The van der Waals surface area contributed by atoms with Gasteiger partial charge in [-0.2, -0.15) is 0 Å². The molecule has 0 radical (unpaired) electrons. The number of hydrogen-bond donors (Lipinski definition) is 4. The second-order valence-corrected chi connectivity index (χ2v) is 10.1. The van der Waals surface area contributed by atoms with Crippen LogP contribution in [0.15, 0.2) is 0 Å². The van der Waals surface area contributed by atoms with Crippen LogP contribution in [0, 0.1) is 0 Å². The number of phosphoric ester groups is 3. The summed E-state index contributed by atoms with van der Waals surface area (Å²) < 4.78 is 62.5. The summed E-state index contributed by atoms with van der Waals surface area (Å²) in [5.74, 6) is 0. The van der Waals surface area contributed by atoms with E-state index in [1.54, 1.807) is 6.92 Å². The minimum absolute atomic E-state index is 0.0102. The molecule has 1 fully saturated rings. The fourth-order valence-corrected chi connectivity index (χ4v) is 4.42. The molecule has 1 aliphatic heterocycles. The second kappa shape index (κ2) is 11.7. The molecule has 5 atom stereocenters. The monoisotopic (exact) mass is 470 g/mol. The van der Waals surface area contributed by atoms with Crippen LogP contribution in [0.4, 0.5) is 0 Å². The molecule has 1 saturated heterocycles. The first kappa shape index (κ1) is 26.4. The molecule has 28 heavy (non-hydrogen) atoms.